The minimum Gasteiger partial charge on any atom is -0.328 e. The third-order valence-electron chi connectivity index (χ3n) is 1.75. The van der Waals surface area contributed by atoms with Gasteiger partial charge < -0.3 is 11.5 Å². The Morgan fingerprint density at radius 2 is 2.36 bits per heavy atom. The molecule has 1 rings (SSSR count). The molecule has 11 heavy (non-hydrogen) atoms. The van der Waals surface area contributed by atoms with E-state index in [0.717, 1.165) is 5.56 Å². The van der Waals surface area contributed by atoms with Gasteiger partial charge in [-0.1, -0.05) is 6.07 Å². The molecule has 3 nitrogen and oxygen atoms in total. The largest absolute Gasteiger partial charge is 0.328 e. The van der Waals surface area contributed by atoms with Gasteiger partial charge in [0.2, 0.25) is 0 Å². The van der Waals surface area contributed by atoms with Crippen molar-refractivity contribution in [3.8, 4) is 0 Å². The number of aromatic nitrogens is 1. The van der Waals surface area contributed by atoms with Gasteiger partial charge in [0, 0.05) is 18.9 Å². The Morgan fingerprint density at radius 1 is 1.64 bits per heavy atom. The summed E-state index contributed by atoms with van der Waals surface area (Å²) in [6, 6.07) is 3.79. The lowest BCUT2D eigenvalue weighted by Gasteiger charge is -2.21. The van der Waals surface area contributed by atoms with Gasteiger partial charge in [0.05, 0.1) is 5.54 Å². The van der Waals surface area contributed by atoms with Crippen LogP contribution in [0, 0.1) is 0 Å². The van der Waals surface area contributed by atoms with Crippen LogP contribution in [-0.2, 0) is 5.54 Å². The first-order chi connectivity index (χ1) is 5.17. The first kappa shape index (κ1) is 8.17. The molecule has 0 saturated carbocycles. The zero-order chi connectivity index (χ0) is 8.32. The van der Waals surface area contributed by atoms with E-state index >= 15 is 0 Å². The van der Waals surface area contributed by atoms with Crippen LogP contribution >= 0.6 is 0 Å². The van der Waals surface area contributed by atoms with E-state index in [0.29, 0.717) is 6.54 Å². The lowest BCUT2D eigenvalue weighted by Crippen LogP contribution is -2.40. The summed E-state index contributed by atoms with van der Waals surface area (Å²) in [7, 11) is 0. The van der Waals surface area contributed by atoms with E-state index in [1.54, 1.807) is 12.4 Å². The van der Waals surface area contributed by atoms with Crippen molar-refractivity contribution in [1.29, 1.82) is 0 Å². The fraction of sp³-hybridized carbons (Fsp3) is 0.375. The van der Waals surface area contributed by atoms with E-state index in [1.807, 2.05) is 19.1 Å². The second-order valence-electron chi connectivity index (χ2n) is 2.86. The van der Waals surface area contributed by atoms with Crippen LogP contribution in [0.2, 0.25) is 0 Å². The first-order valence-corrected chi connectivity index (χ1v) is 3.56. The van der Waals surface area contributed by atoms with Gasteiger partial charge in [-0.2, -0.15) is 0 Å². The Bertz CT molecular complexity index is 218. The maximum atomic E-state index is 5.87. The number of rotatable bonds is 2. The molecule has 0 bridgehead atoms. The molecule has 0 aliphatic carbocycles. The predicted molar refractivity (Wildman–Crippen MR) is 44.8 cm³/mol. The van der Waals surface area contributed by atoms with E-state index in [9.17, 15) is 0 Å². The highest BCUT2D eigenvalue weighted by atomic mass is 14.8. The highest BCUT2D eigenvalue weighted by Gasteiger charge is 2.18. The second kappa shape index (κ2) is 2.98. The second-order valence-corrected chi connectivity index (χ2v) is 2.86. The Kier molecular flexibility index (Phi) is 2.22. The molecular weight excluding hydrogens is 138 g/mol. The molecule has 1 unspecified atom stereocenters. The van der Waals surface area contributed by atoms with Crippen molar-refractivity contribution in [1.82, 2.24) is 4.98 Å². The maximum Gasteiger partial charge on any atom is 0.0520 e. The quantitative estimate of drug-likeness (QED) is 0.635. The number of hydrogen-bond acceptors (Lipinski definition) is 3. The lowest BCUT2D eigenvalue weighted by atomic mass is 9.95. The van der Waals surface area contributed by atoms with E-state index in [-0.39, 0.29) is 0 Å². The minimum atomic E-state index is -0.450. The van der Waals surface area contributed by atoms with E-state index < -0.39 is 5.54 Å². The molecule has 1 aromatic rings. The fourth-order valence-electron chi connectivity index (χ4n) is 0.818. The fourth-order valence-corrected chi connectivity index (χ4v) is 0.818. The van der Waals surface area contributed by atoms with Crippen LogP contribution in [0.1, 0.15) is 12.5 Å². The van der Waals surface area contributed by atoms with Crippen molar-refractivity contribution in [2.24, 2.45) is 11.5 Å². The third-order valence-corrected chi connectivity index (χ3v) is 1.75. The minimum absolute atomic E-state index is 0.429. The Morgan fingerprint density at radius 3 is 2.82 bits per heavy atom. The Hall–Kier alpha value is -0.930. The molecule has 0 saturated heterocycles. The van der Waals surface area contributed by atoms with E-state index in [1.165, 1.54) is 0 Å². The molecule has 4 N–H and O–H groups in total. The van der Waals surface area contributed by atoms with E-state index in [4.69, 9.17) is 11.5 Å². The van der Waals surface area contributed by atoms with Gasteiger partial charge in [-0.15, -0.1) is 0 Å². The summed E-state index contributed by atoms with van der Waals surface area (Å²) in [5, 5.41) is 0. The number of nitrogens with zero attached hydrogens (tertiary/aromatic N) is 1. The summed E-state index contributed by atoms with van der Waals surface area (Å²) < 4.78 is 0. The van der Waals surface area contributed by atoms with Crippen molar-refractivity contribution in [2.45, 2.75) is 12.5 Å². The maximum absolute atomic E-state index is 5.87. The molecule has 1 aromatic heterocycles. The van der Waals surface area contributed by atoms with Crippen LogP contribution < -0.4 is 11.5 Å². The first-order valence-electron chi connectivity index (χ1n) is 3.56. The van der Waals surface area contributed by atoms with Gasteiger partial charge in [0.25, 0.3) is 0 Å². The molecule has 0 aliphatic rings. The molecule has 1 heterocycles. The van der Waals surface area contributed by atoms with Gasteiger partial charge in [0.1, 0.15) is 0 Å². The highest BCUT2D eigenvalue weighted by Crippen LogP contribution is 2.13. The molecule has 0 aliphatic heterocycles. The van der Waals surface area contributed by atoms with Crippen LogP contribution in [0.25, 0.3) is 0 Å². The molecule has 1 atom stereocenters. The van der Waals surface area contributed by atoms with Gasteiger partial charge in [-0.3, -0.25) is 4.98 Å². The molecule has 0 amide bonds. The summed E-state index contributed by atoms with van der Waals surface area (Å²) in [5.41, 5.74) is 11.9. The number of hydrogen-bond donors (Lipinski definition) is 2. The Labute approximate surface area is 66.4 Å². The molecule has 0 aromatic carbocycles. The summed E-state index contributed by atoms with van der Waals surface area (Å²) in [6.07, 6.45) is 3.46. The van der Waals surface area contributed by atoms with Crippen LogP contribution in [0.3, 0.4) is 0 Å². The van der Waals surface area contributed by atoms with Crippen LogP contribution in [0.15, 0.2) is 24.5 Å². The summed E-state index contributed by atoms with van der Waals surface area (Å²) in [6.45, 7) is 2.32. The normalized spacial score (nSPS) is 15.9. The Balaban J connectivity index is 2.93. The van der Waals surface area contributed by atoms with E-state index in [2.05, 4.69) is 4.98 Å². The number of pyridine rings is 1. The smallest absolute Gasteiger partial charge is 0.0520 e. The highest BCUT2D eigenvalue weighted by molar-refractivity contribution is 5.18. The topological polar surface area (TPSA) is 64.9 Å². The molecule has 60 valence electrons. The summed E-state index contributed by atoms with van der Waals surface area (Å²) in [4.78, 5) is 3.96. The predicted octanol–water partition coefficient (Wildman–Crippen LogP) is 0.214. The van der Waals surface area contributed by atoms with Crippen LogP contribution in [0.4, 0.5) is 0 Å². The van der Waals surface area contributed by atoms with Crippen molar-refractivity contribution >= 4 is 0 Å². The standard InChI is InChI=1S/C8H13N3/c1-8(10,6-9)7-3-2-4-11-5-7/h2-5H,6,9-10H2,1H3. The van der Waals surface area contributed by atoms with Crippen LogP contribution in [0.5, 0.6) is 0 Å². The number of nitrogens with two attached hydrogens (primary N) is 2. The van der Waals surface area contributed by atoms with Crippen molar-refractivity contribution in [3.63, 3.8) is 0 Å². The third kappa shape index (κ3) is 1.76. The molecule has 0 fully saturated rings. The lowest BCUT2D eigenvalue weighted by molar-refractivity contribution is 0.506. The van der Waals surface area contributed by atoms with Crippen LogP contribution in [-0.4, -0.2) is 11.5 Å². The average molecular weight is 151 g/mol. The zero-order valence-electron chi connectivity index (χ0n) is 6.62. The average Bonchev–Trinajstić information content (AvgIpc) is 2.06. The summed E-state index contributed by atoms with van der Waals surface area (Å²) >= 11 is 0. The SMILES string of the molecule is CC(N)(CN)c1cccnc1. The van der Waals surface area contributed by atoms with Gasteiger partial charge >= 0.3 is 0 Å². The molecule has 3 heteroatoms. The van der Waals surface area contributed by atoms with Gasteiger partial charge in [-0.25, -0.2) is 0 Å². The van der Waals surface area contributed by atoms with Crippen molar-refractivity contribution < 1.29 is 0 Å². The molecule has 0 spiro atoms. The monoisotopic (exact) mass is 151 g/mol. The summed E-state index contributed by atoms with van der Waals surface area (Å²) in [5.74, 6) is 0. The molecule has 0 radical (unpaired) electrons. The zero-order valence-corrected chi connectivity index (χ0v) is 6.62. The van der Waals surface area contributed by atoms with Gasteiger partial charge in [-0.05, 0) is 18.6 Å². The van der Waals surface area contributed by atoms with Crippen molar-refractivity contribution in [3.05, 3.63) is 30.1 Å². The van der Waals surface area contributed by atoms with Gasteiger partial charge in [0.15, 0.2) is 0 Å². The molecular formula is C8H13N3. The van der Waals surface area contributed by atoms with Crippen molar-refractivity contribution in [2.75, 3.05) is 6.54 Å².